The van der Waals surface area contributed by atoms with Crippen molar-refractivity contribution in [1.29, 1.82) is 0 Å². The Morgan fingerprint density at radius 1 is 1.24 bits per heavy atom. The van der Waals surface area contributed by atoms with Crippen LogP contribution in [0.25, 0.3) is 0 Å². The number of phenolic OH excluding ortho intramolecular Hbond substituents is 2. The summed E-state index contributed by atoms with van der Waals surface area (Å²) in [5, 5.41) is 20.2. The molecule has 0 spiro atoms. The first-order chi connectivity index (χ1) is 10.0. The van der Waals surface area contributed by atoms with Gasteiger partial charge in [0.2, 0.25) is 0 Å². The number of unbranched alkanes of at least 4 members (excludes halogenated alkanes) is 2. The van der Waals surface area contributed by atoms with Crippen molar-refractivity contribution in [2.75, 3.05) is 6.54 Å². The van der Waals surface area contributed by atoms with Gasteiger partial charge in [-0.15, -0.1) is 0 Å². The second-order valence-electron chi connectivity index (χ2n) is 6.48. The first-order valence-corrected chi connectivity index (χ1v) is 8.35. The fourth-order valence-electron chi connectivity index (χ4n) is 3.55. The average molecular weight is 291 g/mol. The van der Waals surface area contributed by atoms with Gasteiger partial charge in [-0.05, 0) is 57.7 Å². The molecular formula is C18H29NO2. The molecule has 0 bridgehead atoms. The zero-order chi connectivity index (χ0) is 15.4. The molecule has 1 heterocycles. The number of rotatable bonds is 6. The van der Waals surface area contributed by atoms with Crippen molar-refractivity contribution in [3.05, 3.63) is 23.3 Å². The van der Waals surface area contributed by atoms with Gasteiger partial charge < -0.3 is 10.2 Å². The molecule has 0 amide bonds. The van der Waals surface area contributed by atoms with Crippen molar-refractivity contribution in [3.63, 3.8) is 0 Å². The van der Waals surface area contributed by atoms with E-state index in [2.05, 4.69) is 25.7 Å². The van der Waals surface area contributed by atoms with Gasteiger partial charge in [0.05, 0.1) is 0 Å². The summed E-state index contributed by atoms with van der Waals surface area (Å²) < 4.78 is 0. The van der Waals surface area contributed by atoms with Crippen LogP contribution in [0, 0.1) is 0 Å². The summed E-state index contributed by atoms with van der Waals surface area (Å²) in [6, 6.07) is 4.12. The van der Waals surface area contributed by atoms with E-state index in [0.29, 0.717) is 12.1 Å². The first kappa shape index (κ1) is 16.2. The number of hydrogen-bond acceptors (Lipinski definition) is 3. The monoisotopic (exact) mass is 291 g/mol. The van der Waals surface area contributed by atoms with Crippen molar-refractivity contribution in [2.45, 2.75) is 71.4 Å². The van der Waals surface area contributed by atoms with Crippen LogP contribution in [0.3, 0.4) is 0 Å². The lowest BCUT2D eigenvalue weighted by Crippen LogP contribution is -2.30. The maximum absolute atomic E-state index is 10.4. The van der Waals surface area contributed by atoms with E-state index in [1.165, 1.54) is 25.3 Å². The van der Waals surface area contributed by atoms with Crippen LogP contribution in [-0.4, -0.2) is 27.7 Å². The normalized spacial score (nSPS) is 19.5. The van der Waals surface area contributed by atoms with Gasteiger partial charge in [-0.1, -0.05) is 19.8 Å². The first-order valence-electron chi connectivity index (χ1n) is 8.35. The summed E-state index contributed by atoms with van der Waals surface area (Å²) in [5.74, 6) is 0.441. The molecule has 2 N–H and O–H groups in total. The topological polar surface area (TPSA) is 43.7 Å². The molecular weight excluding hydrogens is 262 g/mol. The number of aryl methyl sites for hydroxylation is 1. The highest BCUT2D eigenvalue weighted by molar-refractivity contribution is 5.47. The summed E-state index contributed by atoms with van der Waals surface area (Å²) in [7, 11) is 0. The number of aromatic hydroxyl groups is 2. The Morgan fingerprint density at radius 2 is 2.00 bits per heavy atom. The van der Waals surface area contributed by atoms with Gasteiger partial charge in [0.15, 0.2) is 0 Å². The summed E-state index contributed by atoms with van der Waals surface area (Å²) in [5.41, 5.74) is 2.17. The molecule has 0 aliphatic carbocycles. The minimum Gasteiger partial charge on any atom is -0.508 e. The van der Waals surface area contributed by atoms with E-state index < -0.39 is 0 Å². The molecule has 1 saturated heterocycles. The van der Waals surface area contributed by atoms with Crippen LogP contribution in [0.4, 0.5) is 0 Å². The highest BCUT2D eigenvalue weighted by Gasteiger charge is 2.31. The van der Waals surface area contributed by atoms with Crippen molar-refractivity contribution >= 4 is 0 Å². The van der Waals surface area contributed by atoms with Crippen molar-refractivity contribution in [3.8, 4) is 11.5 Å². The molecule has 21 heavy (non-hydrogen) atoms. The van der Waals surface area contributed by atoms with E-state index in [4.69, 9.17) is 0 Å². The van der Waals surface area contributed by atoms with Crippen molar-refractivity contribution < 1.29 is 10.2 Å². The molecule has 0 aromatic heterocycles. The number of phenols is 2. The molecule has 0 radical (unpaired) electrons. The predicted molar refractivity (Wildman–Crippen MR) is 86.8 cm³/mol. The lowest BCUT2D eigenvalue weighted by Gasteiger charge is -2.30. The Labute approximate surface area is 128 Å². The van der Waals surface area contributed by atoms with Crippen LogP contribution >= 0.6 is 0 Å². The van der Waals surface area contributed by atoms with Gasteiger partial charge in [-0.2, -0.15) is 0 Å². The number of nitrogens with zero attached hydrogens (tertiary/aromatic N) is 1. The molecule has 3 nitrogen and oxygen atoms in total. The quantitative estimate of drug-likeness (QED) is 0.765. The van der Waals surface area contributed by atoms with Crippen LogP contribution in [0.5, 0.6) is 11.5 Å². The van der Waals surface area contributed by atoms with E-state index in [1.54, 1.807) is 0 Å². The van der Waals surface area contributed by atoms with Crippen LogP contribution in [-0.2, 0) is 6.42 Å². The van der Waals surface area contributed by atoms with Gasteiger partial charge in [0.1, 0.15) is 11.5 Å². The Bertz CT molecular complexity index is 471. The summed E-state index contributed by atoms with van der Waals surface area (Å²) in [6.07, 6.45) is 6.69. The number of benzene rings is 1. The van der Waals surface area contributed by atoms with Crippen LogP contribution < -0.4 is 0 Å². The maximum atomic E-state index is 10.4. The molecule has 1 unspecified atom stereocenters. The van der Waals surface area contributed by atoms with Gasteiger partial charge in [0, 0.05) is 23.7 Å². The molecule has 1 aromatic carbocycles. The van der Waals surface area contributed by atoms with E-state index in [0.717, 1.165) is 36.9 Å². The number of hydrogen-bond donors (Lipinski definition) is 2. The standard InChI is InChI=1S/C18H29NO2/c1-4-5-6-8-14-11-15(20)12-17(21)18(14)16-9-7-10-19(16)13(2)3/h11-13,16,20-21H,4-10H2,1-3H3. The second kappa shape index (κ2) is 7.17. The maximum Gasteiger partial charge on any atom is 0.124 e. The lowest BCUT2D eigenvalue weighted by molar-refractivity contribution is 0.201. The average Bonchev–Trinajstić information content (AvgIpc) is 2.87. The van der Waals surface area contributed by atoms with Gasteiger partial charge in [0.25, 0.3) is 0 Å². The van der Waals surface area contributed by atoms with E-state index >= 15 is 0 Å². The fourth-order valence-corrected chi connectivity index (χ4v) is 3.55. The van der Waals surface area contributed by atoms with Crippen molar-refractivity contribution in [2.24, 2.45) is 0 Å². The van der Waals surface area contributed by atoms with Gasteiger partial charge in [-0.25, -0.2) is 0 Å². The molecule has 1 aromatic rings. The molecule has 3 heteroatoms. The summed E-state index contributed by atoms with van der Waals surface area (Å²) in [4.78, 5) is 2.47. The third kappa shape index (κ3) is 3.70. The molecule has 1 atom stereocenters. The summed E-state index contributed by atoms with van der Waals surface area (Å²) in [6.45, 7) is 7.72. The Hall–Kier alpha value is -1.22. The molecule has 1 fully saturated rings. The van der Waals surface area contributed by atoms with Crippen molar-refractivity contribution in [1.82, 2.24) is 4.90 Å². The fraction of sp³-hybridized carbons (Fsp3) is 0.667. The second-order valence-corrected chi connectivity index (χ2v) is 6.48. The molecule has 118 valence electrons. The summed E-state index contributed by atoms with van der Waals surface area (Å²) >= 11 is 0. The zero-order valence-electron chi connectivity index (χ0n) is 13.6. The molecule has 1 aliphatic heterocycles. The lowest BCUT2D eigenvalue weighted by atomic mass is 9.93. The third-order valence-corrected chi connectivity index (χ3v) is 4.57. The minimum atomic E-state index is 0.178. The van der Waals surface area contributed by atoms with E-state index in [9.17, 15) is 10.2 Å². The highest BCUT2D eigenvalue weighted by atomic mass is 16.3. The largest absolute Gasteiger partial charge is 0.508 e. The van der Waals surface area contributed by atoms with Crippen LogP contribution in [0.2, 0.25) is 0 Å². The predicted octanol–water partition coefficient (Wildman–Crippen LogP) is 4.38. The minimum absolute atomic E-state index is 0.178. The zero-order valence-corrected chi connectivity index (χ0v) is 13.6. The number of likely N-dealkylation sites (tertiary alicyclic amines) is 1. The van der Waals surface area contributed by atoms with E-state index in [-0.39, 0.29) is 11.5 Å². The smallest absolute Gasteiger partial charge is 0.124 e. The molecule has 0 saturated carbocycles. The van der Waals surface area contributed by atoms with Crippen LogP contribution in [0.1, 0.15) is 70.0 Å². The van der Waals surface area contributed by atoms with Crippen LogP contribution in [0.15, 0.2) is 12.1 Å². The SMILES string of the molecule is CCCCCc1cc(O)cc(O)c1C1CCCN1C(C)C. The third-order valence-electron chi connectivity index (χ3n) is 4.57. The Kier molecular flexibility index (Phi) is 5.51. The Balaban J connectivity index is 2.32. The van der Waals surface area contributed by atoms with E-state index in [1.807, 2.05) is 6.07 Å². The highest BCUT2D eigenvalue weighted by Crippen LogP contribution is 2.41. The van der Waals surface area contributed by atoms with Gasteiger partial charge >= 0.3 is 0 Å². The van der Waals surface area contributed by atoms with Gasteiger partial charge in [-0.3, -0.25) is 4.90 Å². The Morgan fingerprint density at radius 3 is 2.67 bits per heavy atom. The molecule has 1 aliphatic rings. The molecule has 2 rings (SSSR count).